The fourth-order valence-electron chi connectivity index (χ4n) is 0.634. The van der Waals surface area contributed by atoms with Crippen molar-refractivity contribution in [1.82, 2.24) is 0 Å². The van der Waals surface area contributed by atoms with E-state index in [0.717, 1.165) is 12.8 Å². The number of hydrogen-bond acceptors (Lipinski definition) is 0. The lowest BCUT2D eigenvalue weighted by atomic mass is 10.3. The molecule has 1 rings (SSSR count). The molecule has 0 atom stereocenters. The third kappa shape index (κ3) is 1.58. The maximum absolute atomic E-state index is 3.16. The zero-order valence-corrected chi connectivity index (χ0v) is 4.35. The van der Waals surface area contributed by atoms with Crippen molar-refractivity contribution in [2.24, 2.45) is 0 Å². The van der Waals surface area contributed by atoms with Crippen LogP contribution in [0, 0.1) is 6.08 Å². The zero-order valence-electron chi connectivity index (χ0n) is 4.35. The SMILES string of the molecule is [C]1=CCC=CCC1. The molecular formula is C7H9. The molecule has 0 saturated carbocycles. The van der Waals surface area contributed by atoms with Crippen molar-refractivity contribution in [3.8, 4) is 0 Å². The summed E-state index contributed by atoms with van der Waals surface area (Å²) in [5, 5.41) is 0. The first-order chi connectivity index (χ1) is 3.50. The first-order valence-electron chi connectivity index (χ1n) is 2.70. The predicted octanol–water partition coefficient (Wildman–Crippen LogP) is 2.09. The molecule has 0 aromatic heterocycles. The van der Waals surface area contributed by atoms with Gasteiger partial charge in [0.25, 0.3) is 0 Å². The maximum atomic E-state index is 3.16. The second kappa shape index (κ2) is 2.62. The Kier molecular flexibility index (Phi) is 1.73. The molecule has 0 heterocycles. The van der Waals surface area contributed by atoms with E-state index in [4.69, 9.17) is 0 Å². The van der Waals surface area contributed by atoms with Gasteiger partial charge in [-0.25, -0.2) is 0 Å². The second-order valence-electron chi connectivity index (χ2n) is 1.65. The molecule has 0 nitrogen and oxygen atoms in total. The van der Waals surface area contributed by atoms with Crippen molar-refractivity contribution in [2.75, 3.05) is 0 Å². The van der Waals surface area contributed by atoms with Gasteiger partial charge < -0.3 is 0 Å². The fraction of sp³-hybridized carbons (Fsp3) is 0.429. The highest BCUT2D eigenvalue weighted by Crippen LogP contribution is 1.99. The van der Waals surface area contributed by atoms with Gasteiger partial charge >= 0.3 is 0 Å². The first-order valence-corrected chi connectivity index (χ1v) is 2.70. The van der Waals surface area contributed by atoms with Crippen LogP contribution in [-0.2, 0) is 0 Å². The van der Waals surface area contributed by atoms with E-state index in [1.54, 1.807) is 0 Å². The van der Waals surface area contributed by atoms with Gasteiger partial charge in [-0.15, -0.1) is 0 Å². The summed E-state index contributed by atoms with van der Waals surface area (Å²) in [6, 6.07) is 0. The Bertz CT molecular complexity index is 76.2. The monoisotopic (exact) mass is 93.1 g/mol. The number of allylic oxidation sites excluding steroid dienone is 4. The van der Waals surface area contributed by atoms with Gasteiger partial charge in [-0.1, -0.05) is 18.2 Å². The average molecular weight is 93.1 g/mol. The molecule has 0 bridgehead atoms. The van der Waals surface area contributed by atoms with E-state index < -0.39 is 0 Å². The first kappa shape index (κ1) is 4.63. The van der Waals surface area contributed by atoms with Crippen molar-refractivity contribution in [2.45, 2.75) is 19.3 Å². The maximum Gasteiger partial charge on any atom is -0.0163 e. The van der Waals surface area contributed by atoms with Crippen LogP contribution in [0.1, 0.15) is 19.3 Å². The molecule has 0 aromatic rings. The summed E-state index contributed by atoms with van der Waals surface area (Å²) in [5.74, 6) is 0. The minimum Gasteiger partial charge on any atom is -0.0879 e. The summed E-state index contributed by atoms with van der Waals surface area (Å²) >= 11 is 0. The summed E-state index contributed by atoms with van der Waals surface area (Å²) in [7, 11) is 0. The minimum absolute atomic E-state index is 1.08. The highest BCUT2D eigenvalue weighted by atomic mass is 13.9. The van der Waals surface area contributed by atoms with Crippen LogP contribution in [0.4, 0.5) is 0 Å². The smallest absolute Gasteiger partial charge is 0.0163 e. The summed E-state index contributed by atoms with van der Waals surface area (Å²) in [6.07, 6.45) is 13.0. The highest BCUT2D eigenvalue weighted by molar-refractivity contribution is 4.94. The summed E-state index contributed by atoms with van der Waals surface area (Å²) in [4.78, 5) is 0. The van der Waals surface area contributed by atoms with E-state index in [1.807, 2.05) is 0 Å². The van der Waals surface area contributed by atoms with Crippen molar-refractivity contribution in [3.05, 3.63) is 24.3 Å². The summed E-state index contributed by atoms with van der Waals surface area (Å²) in [6.45, 7) is 0. The Balaban J connectivity index is 2.38. The van der Waals surface area contributed by atoms with Crippen molar-refractivity contribution in [1.29, 1.82) is 0 Å². The lowest BCUT2D eigenvalue weighted by molar-refractivity contribution is 1.03. The van der Waals surface area contributed by atoms with Gasteiger partial charge in [0.2, 0.25) is 0 Å². The van der Waals surface area contributed by atoms with E-state index in [9.17, 15) is 0 Å². The number of hydrogen-bond donors (Lipinski definition) is 0. The molecule has 0 heteroatoms. The minimum atomic E-state index is 1.08. The van der Waals surface area contributed by atoms with E-state index in [2.05, 4.69) is 24.3 Å². The van der Waals surface area contributed by atoms with E-state index in [-0.39, 0.29) is 0 Å². The summed E-state index contributed by atoms with van der Waals surface area (Å²) < 4.78 is 0. The predicted molar refractivity (Wildman–Crippen MR) is 30.8 cm³/mol. The van der Waals surface area contributed by atoms with E-state index in [1.165, 1.54) is 6.42 Å². The Hall–Kier alpha value is -0.520. The van der Waals surface area contributed by atoms with E-state index in [0.29, 0.717) is 0 Å². The van der Waals surface area contributed by atoms with Crippen LogP contribution in [0.5, 0.6) is 0 Å². The molecule has 0 amide bonds. The van der Waals surface area contributed by atoms with Crippen molar-refractivity contribution >= 4 is 0 Å². The normalized spacial score (nSPS) is 19.4. The molecule has 0 spiro atoms. The van der Waals surface area contributed by atoms with Crippen LogP contribution in [-0.4, -0.2) is 0 Å². The molecule has 0 unspecified atom stereocenters. The molecule has 37 valence electrons. The van der Waals surface area contributed by atoms with Gasteiger partial charge in [0.15, 0.2) is 0 Å². The van der Waals surface area contributed by atoms with Gasteiger partial charge in [0.05, 0.1) is 0 Å². The third-order valence-corrected chi connectivity index (χ3v) is 1.02. The van der Waals surface area contributed by atoms with Crippen LogP contribution in [0.2, 0.25) is 0 Å². The number of rotatable bonds is 0. The lowest BCUT2D eigenvalue weighted by Crippen LogP contribution is -1.57. The Labute approximate surface area is 44.5 Å². The summed E-state index contributed by atoms with van der Waals surface area (Å²) in [5.41, 5.74) is 0. The van der Waals surface area contributed by atoms with Gasteiger partial charge in [0, 0.05) is 0 Å². The van der Waals surface area contributed by atoms with Gasteiger partial charge in [-0.2, -0.15) is 0 Å². The Morgan fingerprint density at radius 1 is 1.29 bits per heavy atom. The highest BCUT2D eigenvalue weighted by Gasteiger charge is 1.80. The van der Waals surface area contributed by atoms with Crippen molar-refractivity contribution in [3.63, 3.8) is 0 Å². The standard InChI is InChI=1S/C7H9/c1-2-4-6-7-5-3-1/h1-2,5H,3-4,6H2. The van der Waals surface area contributed by atoms with Crippen LogP contribution in [0.15, 0.2) is 18.2 Å². The van der Waals surface area contributed by atoms with Crippen molar-refractivity contribution < 1.29 is 0 Å². The Morgan fingerprint density at radius 2 is 2.29 bits per heavy atom. The largest absolute Gasteiger partial charge is 0.0879 e. The van der Waals surface area contributed by atoms with Crippen LogP contribution in [0.3, 0.4) is 0 Å². The molecule has 0 N–H and O–H groups in total. The molecular weight excluding hydrogens is 84.1 g/mol. The molecule has 1 aliphatic carbocycles. The van der Waals surface area contributed by atoms with Crippen LogP contribution < -0.4 is 0 Å². The topological polar surface area (TPSA) is 0 Å². The molecule has 0 saturated heterocycles. The van der Waals surface area contributed by atoms with Crippen LogP contribution >= 0.6 is 0 Å². The Morgan fingerprint density at radius 3 is 3.29 bits per heavy atom. The molecule has 0 aliphatic heterocycles. The van der Waals surface area contributed by atoms with Gasteiger partial charge in [-0.05, 0) is 25.3 Å². The molecule has 7 heavy (non-hydrogen) atoms. The lowest BCUT2D eigenvalue weighted by Gasteiger charge is -1.75. The third-order valence-electron chi connectivity index (χ3n) is 1.02. The molecule has 0 fully saturated rings. The molecule has 1 aliphatic rings. The second-order valence-corrected chi connectivity index (χ2v) is 1.65. The molecule has 1 radical (unpaired) electrons. The quantitative estimate of drug-likeness (QED) is 0.402. The van der Waals surface area contributed by atoms with Crippen LogP contribution in [0.25, 0.3) is 0 Å². The van der Waals surface area contributed by atoms with Gasteiger partial charge in [-0.3, -0.25) is 0 Å². The van der Waals surface area contributed by atoms with E-state index >= 15 is 0 Å². The average Bonchev–Trinajstić information content (AvgIpc) is 1.90. The zero-order chi connectivity index (χ0) is 4.95. The fourth-order valence-corrected chi connectivity index (χ4v) is 0.634. The van der Waals surface area contributed by atoms with Gasteiger partial charge in [0.1, 0.15) is 0 Å². The molecule has 0 aromatic carbocycles.